The molecule has 15 heavy (non-hydrogen) atoms. The lowest BCUT2D eigenvalue weighted by Gasteiger charge is -2.22. The Kier molecular flexibility index (Phi) is 5.86. The highest BCUT2D eigenvalue weighted by Crippen LogP contribution is 2.07. The SMILES string of the molecule is [2H]CC(C)(C)OC(=O)N[C@H](CO)CCSC. The number of alkyl carbamates (subject to hydrolysis) is 1. The Hall–Kier alpha value is -0.420. The number of aliphatic hydroxyl groups is 1. The van der Waals surface area contributed by atoms with E-state index in [9.17, 15) is 4.79 Å². The zero-order valence-corrected chi connectivity index (χ0v) is 10.4. The molecular weight excluding hydrogens is 214 g/mol. The highest BCUT2D eigenvalue weighted by Gasteiger charge is 2.18. The first-order valence-corrected chi connectivity index (χ1v) is 6.23. The molecule has 0 aliphatic heterocycles. The molecule has 1 amide bonds. The van der Waals surface area contributed by atoms with Crippen molar-refractivity contribution in [2.75, 3.05) is 18.6 Å². The second kappa shape index (κ2) is 6.95. The normalized spacial score (nSPS) is 14.3. The van der Waals surface area contributed by atoms with Gasteiger partial charge in [-0.1, -0.05) is 0 Å². The van der Waals surface area contributed by atoms with Gasteiger partial charge in [-0.15, -0.1) is 0 Å². The van der Waals surface area contributed by atoms with Crippen LogP contribution in [0.5, 0.6) is 0 Å². The quantitative estimate of drug-likeness (QED) is 0.761. The number of hydrogen-bond acceptors (Lipinski definition) is 4. The highest BCUT2D eigenvalue weighted by molar-refractivity contribution is 7.98. The summed E-state index contributed by atoms with van der Waals surface area (Å²) in [5.74, 6) is 0.868. The molecule has 4 nitrogen and oxygen atoms in total. The van der Waals surface area contributed by atoms with Crippen molar-refractivity contribution in [1.29, 1.82) is 0 Å². The number of amides is 1. The van der Waals surface area contributed by atoms with Gasteiger partial charge in [0.15, 0.2) is 0 Å². The highest BCUT2D eigenvalue weighted by atomic mass is 32.2. The topological polar surface area (TPSA) is 58.6 Å². The number of carbonyl (C=O) groups is 1. The second-order valence-corrected chi connectivity index (χ2v) is 4.94. The summed E-state index contributed by atoms with van der Waals surface area (Å²) in [4.78, 5) is 11.4. The molecule has 0 fully saturated rings. The van der Waals surface area contributed by atoms with E-state index in [2.05, 4.69) is 5.32 Å². The van der Waals surface area contributed by atoms with Gasteiger partial charge in [0, 0.05) is 1.37 Å². The predicted octanol–water partition coefficient (Wildman–Crippen LogP) is 1.63. The summed E-state index contributed by atoms with van der Waals surface area (Å²) in [5.41, 5.74) is -0.788. The van der Waals surface area contributed by atoms with Crippen LogP contribution in [0.1, 0.15) is 28.5 Å². The number of ether oxygens (including phenoxy) is 1. The molecule has 0 rings (SSSR count). The number of nitrogens with one attached hydrogen (secondary N) is 1. The van der Waals surface area contributed by atoms with Crippen molar-refractivity contribution in [3.63, 3.8) is 0 Å². The van der Waals surface area contributed by atoms with Crippen molar-refractivity contribution in [2.45, 2.75) is 38.8 Å². The van der Waals surface area contributed by atoms with Crippen molar-refractivity contribution in [3.05, 3.63) is 0 Å². The van der Waals surface area contributed by atoms with E-state index < -0.39 is 11.7 Å². The maximum atomic E-state index is 11.4. The Bertz CT molecular complexity index is 214. The van der Waals surface area contributed by atoms with Crippen LogP contribution >= 0.6 is 11.8 Å². The average Bonchev–Trinajstić information content (AvgIpc) is 2.23. The Morgan fingerprint density at radius 3 is 2.87 bits per heavy atom. The first-order valence-electron chi connectivity index (χ1n) is 5.54. The Morgan fingerprint density at radius 2 is 2.40 bits per heavy atom. The standard InChI is InChI=1S/C10H21NO3S/c1-10(2,3)14-9(13)11-8(7-12)5-6-15-4/h8,12H,5-7H2,1-4H3,(H,11,13)/t8-/m0/s1/i1D. The van der Waals surface area contributed by atoms with Gasteiger partial charge in [-0.3, -0.25) is 0 Å². The van der Waals surface area contributed by atoms with Crippen LogP contribution in [0, 0.1) is 0 Å². The number of rotatable bonds is 5. The smallest absolute Gasteiger partial charge is 0.407 e. The first-order chi connectivity index (χ1) is 7.45. The van der Waals surface area contributed by atoms with Gasteiger partial charge in [0.1, 0.15) is 5.60 Å². The number of thioether (sulfide) groups is 1. The zero-order valence-electron chi connectivity index (χ0n) is 10.6. The summed E-state index contributed by atoms with van der Waals surface area (Å²) >= 11 is 1.66. The van der Waals surface area contributed by atoms with Crippen LogP contribution in [0.3, 0.4) is 0 Å². The van der Waals surface area contributed by atoms with Gasteiger partial charge in [-0.25, -0.2) is 4.79 Å². The fourth-order valence-corrected chi connectivity index (χ4v) is 1.44. The van der Waals surface area contributed by atoms with Crippen LogP contribution in [0.15, 0.2) is 0 Å². The van der Waals surface area contributed by atoms with Crippen molar-refractivity contribution in [1.82, 2.24) is 5.32 Å². The summed E-state index contributed by atoms with van der Waals surface area (Å²) < 4.78 is 12.2. The molecule has 0 spiro atoms. The van der Waals surface area contributed by atoms with E-state index >= 15 is 0 Å². The molecule has 2 N–H and O–H groups in total. The van der Waals surface area contributed by atoms with Gasteiger partial charge >= 0.3 is 6.09 Å². The first kappa shape index (κ1) is 12.6. The van der Waals surface area contributed by atoms with Crippen molar-refractivity contribution in [3.8, 4) is 0 Å². The van der Waals surface area contributed by atoms with Crippen molar-refractivity contribution in [2.24, 2.45) is 0 Å². The van der Waals surface area contributed by atoms with Crippen LogP contribution in [0.2, 0.25) is 0 Å². The zero-order chi connectivity index (χ0) is 12.6. The molecule has 0 aliphatic rings. The van der Waals surface area contributed by atoms with Crippen LogP contribution in [-0.2, 0) is 4.74 Å². The summed E-state index contributed by atoms with van der Waals surface area (Å²) in [6.07, 6.45) is 2.10. The average molecular weight is 236 g/mol. The molecule has 0 bridgehead atoms. The molecule has 5 heteroatoms. The Balaban J connectivity index is 4.00. The van der Waals surface area contributed by atoms with E-state index in [-0.39, 0.29) is 19.5 Å². The minimum atomic E-state index is -0.788. The number of hydrogen-bond donors (Lipinski definition) is 2. The van der Waals surface area contributed by atoms with E-state index in [0.29, 0.717) is 6.42 Å². The molecule has 0 saturated heterocycles. The lowest BCUT2D eigenvalue weighted by molar-refractivity contribution is 0.0481. The van der Waals surface area contributed by atoms with E-state index in [1.807, 2.05) is 6.26 Å². The van der Waals surface area contributed by atoms with E-state index in [0.717, 1.165) is 5.75 Å². The maximum absolute atomic E-state index is 11.4. The molecule has 0 saturated carbocycles. The molecule has 0 aliphatic carbocycles. The minimum absolute atomic E-state index is 0.00895. The fraction of sp³-hybridized carbons (Fsp3) is 0.900. The third kappa shape index (κ3) is 8.57. The number of carbonyl (C=O) groups excluding carboxylic acids is 1. The lowest BCUT2D eigenvalue weighted by Crippen LogP contribution is -2.41. The molecular formula is C10H21NO3S. The summed E-state index contributed by atoms with van der Waals surface area (Å²) in [5, 5.41) is 11.6. The van der Waals surface area contributed by atoms with Crippen LogP contribution in [0.25, 0.3) is 0 Å². The van der Waals surface area contributed by atoms with Gasteiger partial charge in [0.2, 0.25) is 0 Å². The molecule has 1 atom stereocenters. The Labute approximate surface area is 97.2 Å². The molecule has 0 unspecified atom stereocenters. The van der Waals surface area contributed by atoms with Gasteiger partial charge in [-0.2, -0.15) is 11.8 Å². The largest absolute Gasteiger partial charge is 0.444 e. The molecule has 0 aromatic heterocycles. The van der Waals surface area contributed by atoms with E-state index in [1.165, 1.54) is 0 Å². The third-order valence-corrected chi connectivity index (χ3v) is 2.23. The maximum Gasteiger partial charge on any atom is 0.407 e. The molecule has 0 heterocycles. The second-order valence-electron chi connectivity index (χ2n) is 3.95. The van der Waals surface area contributed by atoms with Crippen LogP contribution < -0.4 is 5.32 Å². The monoisotopic (exact) mass is 236 g/mol. The van der Waals surface area contributed by atoms with Gasteiger partial charge < -0.3 is 15.2 Å². The summed E-state index contributed by atoms with van der Waals surface area (Å²) in [6, 6.07) is -0.276. The summed E-state index contributed by atoms with van der Waals surface area (Å²) in [7, 11) is 0. The van der Waals surface area contributed by atoms with Crippen molar-refractivity contribution < 1.29 is 16.0 Å². The Morgan fingerprint density at radius 1 is 1.73 bits per heavy atom. The molecule has 0 aromatic rings. The van der Waals surface area contributed by atoms with Crippen LogP contribution in [0.4, 0.5) is 4.79 Å². The minimum Gasteiger partial charge on any atom is -0.444 e. The summed E-state index contributed by atoms with van der Waals surface area (Å²) in [6.45, 7) is 3.26. The van der Waals surface area contributed by atoms with E-state index in [4.69, 9.17) is 11.2 Å². The molecule has 0 aromatic carbocycles. The van der Waals surface area contributed by atoms with Gasteiger partial charge in [-0.05, 0) is 39.2 Å². The van der Waals surface area contributed by atoms with Gasteiger partial charge in [0.25, 0.3) is 0 Å². The van der Waals surface area contributed by atoms with Crippen LogP contribution in [-0.4, -0.2) is 41.5 Å². The third-order valence-electron chi connectivity index (χ3n) is 1.58. The molecule has 90 valence electrons. The lowest BCUT2D eigenvalue weighted by atomic mass is 10.2. The molecule has 0 radical (unpaired) electrons. The van der Waals surface area contributed by atoms with Gasteiger partial charge in [0.05, 0.1) is 12.6 Å². The van der Waals surface area contributed by atoms with E-state index in [1.54, 1.807) is 25.6 Å². The van der Waals surface area contributed by atoms with Crippen molar-refractivity contribution >= 4 is 17.9 Å². The number of aliphatic hydroxyl groups excluding tert-OH is 1. The fourth-order valence-electron chi connectivity index (χ4n) is 0.916. The predicted molar refractivity (Wildman–Crippen MR) is 63.2 cm³/mol.